The van der Waals surface area contributed by atoms with Crippen LogP contribution in [0.4, 0.5) is 0 Å². The van der Waals surface area contributed by atoms with Crippen LogP contribution < -0.4 is 0 Å². The SMILES string of the molecule is c1ccc(-c2c3ccccc3c(-c3ccc(-c4ccc5c6c(c7ccccc7c5c4)-c4ccc5ccccc5c4C64c5ccccc5-c5ccccc54)cc3)c3ccccc23)cc1. The van der Waals surface area contributed by atoms with Crippen LogP contribution in [0.25, 0.3) is 109 Å². The number of hydrogen-bond acceptors (Lipinski definition) is 0. The second-order valence-corrected chi connectivity index (χ2v) is 17.4. The van der Waals surface area contributed by atoms with Gasteiger partial charge in [0.05, 0.1) is 5.41 Å². The highest BCUT2D eigenvalue weighted by atomic mass is 14.5. The van der Waals surface area contributed by atoms with E-state index in [1.807, 2.05) is 0 Å². The molecule has 290 valence electrons. The number of fused-ring (bicyclic) bond motifs is 19. The van der Waals surface area contributed by atoms with Crippen LogP contribution in [0.15, 0.2) is 231 Å². The van der Waals surface area contributed by atoms with Gasteiger partial charge in [0.15, 0.2) is 0 Å². The molecule has 0 bridgehead atoms. The Balaban J connectivity index is 1.00. The first-order valence-corrected chi connectivity index (χ1v) is 22.1. The largest absolute Gasteiger partial charge is 0.0737 e. The maximum absolute atomic E-state index is 2.47. The molecule has 0 amide bonds. The zero-order valence-electron chi connectivity index (χ0n) is 34.4. The summed E-state index contributed by atoms with van der Waals surface area (Å²) in [4.78, 5) is 0. The summed E-state index contributed by atoms with van der Waals surface area (Å²) in [6.07, 6.45) is 0. The van der Waals surface area contributed by atoms with Gasteiger partial charge in [-0.2, -0.15) is 0 Å². The molecule has 0 aliphatic heterocycles. The van der Waals surface area contributed by atoms with Crippen molar-refractivity contribution in [2.75, 3.05) is 0 Å². The molecule has 14 rings (SSSR count). The van der Waals surface area contributed by atoms with Crippen molar-refractivity contribution < 1.29 is 0 Å². The molecule has 0 nitrogen and oxygen atoms in total. The first-order chi connectivity index (χ1) is 31.3. The fourth-order valence-corrected chi connectivity index (χ4v) is 12.0. The second kappa shape index (κ2) is 13.0. The Kier molecular flexibility index (Phi) is 7.13. The first-order valence-electron chi connectivity index (χ1n) is 22.1. The lowest BCUT2D eigenvalue weighted by Crippen LogP contribution is -2.26. The van der Waals surface area contributed by atoms with E-state index in [1.165, 1.54) is 132 Å². The van der Waals surface area contributed by atoms with Crippen molar-refractivity contribution in [3.05, 3.63) is 253 Å². The fourth-order valence-electron chi connectivity index (χ4n) is 12.0. The van der Waals surface area contributed by atoms with E-state index in [9.17, 15) is 0 Å². The predicted octanol–water partition coefficient (Wildman–Crippen LogP) is 16.8. The Morgan fingerprint density at radius 2 is 0.683 bits per heavy atom. The highest BCUT2D eigenvalue weighted by Crippen LogP contribution is 2.66. The maximum Gasteiger partial charge on any atom is 0.0737 e. The average molecular weight is 795 g/mol. The number of rotatable bonds is 3. The third-order valence-electron chi connectivity index (χ3n) is 14.4. The van der Waals surface area contributed by atoms with Crippen LogP contribution in [0.3, 0.4) is 0 Å². The van der Waals surface area contributed by atoms with Crippen molar-refractivity contribution >= 4 is 53.9 Å². The molecule has 12 aromatic rings. The number of hydrogen-bond donors (Lipinski definition) is 0. The van der Waals surface area contributed by atoms with Gasteiger partial charge in [0.25, 0.3) is 0 Å². The molecule has 0 atom stereocenters. The van der Waals surface area contributed by atoms with Crippen LogP contribution in [-0.4, -0.2) is 0 Å². The maximum atomic E-state index is 2.47. The van der Waals surface area contributed by atoms with E-state index in [0.717, 1.165) is 0 Å². The molecule has 0 radical (unpaired) electrons. The van der Waals surface area contributed by atoms with Gasteiger partial charge in [0, 0.05) is 0 Å². The van der Waals surface area contributed by atoms with Crippen LogP contribution in [0.5, 0.6) is 0 Å². The topological polar surface area (TPSA) is 0 Å². The van der Waals surface area contributed by atoms with Gasteiger partial charge < -0.3 is 0 Å². The third-order valence-corrected chi connectivity index (χ3v) is 14.4. The van der Waals surface area contributed by atoms with E-state index in [2.05, 4.69) is 231 Å². The molecule has 2 aliphatic carbocycles. The van der Waals surface area contributed by atoms with Gasteiger partial charge >= 0.3 is 0 Å². The molecule has 0 aromatic heterocycles. The lowest BCUT2D eigenvalue weighted by Gasteiger charge is -2.32. The van der Waals surface area contributed by atoms with Crippen LogP contribution >= 0.6 is 0 Å². The molecule has 0 N–H and O–H groups in total. The van der Waals surface area contributed by atoms with E-state index in [4.69, 9.17) is 0 Å². The van der Waals surface area contributed by atoms with Crippen LogP contribution in [0.1, 0.15) is 22.3 Å². The van der Waals surface area contributed by atoms with Gasteiger partial charge in [0.1, 0.15) is 0 Å². The van der Waals surface area contributed by atoms with Gasteiger partial charge in [-0.1, -0.05) is 224 Å². The summed E-state index contributed by atoms with van der Waals surface area (Å²) < 4.78 is 0. The molecular formula is C63H38. The zero-order chi connectivity index (χ0) is 41.2. The predicted molar refractivity (Wildman–Crippen MR) is 267 cm³/mol. The van der Waals surface area contributed by atoms with Gasteiger partial charge in [-0.15, -0.1) is 0 Å². The Morgan fingerprint density at radius 3 is 1.30 bits per heavy atom. The van der Waals surface area contributed by atoms with Crippen LogP contribution in [0.2, 0.25) is 0 Å². The van der Waals surface area contributed by atoms with Crippen molar-refractivity contribution in [1.29, 1.82) is 0 Å². The molecule has 63 heavy (non-hydrogen) atoms. The Labute approximate surface area is 366 Å². The van der Waals surface area contributed by atoms with E-state index in [-0.39, 0.29) is 0 Å². The van der Waals surface area contributed by atoms with Crippen molar-refractivity contribution in [3.63, 3.8) is 0 Å². The zero-order valence-corrected chi connectivity index (χ0v) is 34.4. The molecule has 12 aromatic carbocycles. The monoisotopic (exact) mass is 794 g/mol. The fraction of sp³-hybridized carbons (Fsp3) is 0.0159. The molecule has 0 saturated carbocycles. The van der Waals surface area contributed by atoms with E-state index in [0.29, 0.717) is 0 Å². The lowest BCUT2D eigenvalue weighted by atomic mass is 9.68. The molecule has 0 fully saturated rings. The smallest absolute Gasteiger partial charge is 0.0622 e. The highest BCUT2D eigenvalue weighted by Gasteiger charge is 2.53. The van der Waals surface area contributed by atoms with E-state index < -0.39 is 5.41 Å². The third kappa shape index (κ3) is 4.60. The van der Waals surface area contributed by atoms with Gasteiger partial charge in [-0.05, 0) is 138 Å². The summed E-state index contributed by atoms with van der Waals surface area (Å²) in [7, 11) is 0. The summed E-state index contributed by atoms with van der Waals surface area (Å²) in [6.45, 7) is 0. The molecule has 0 saturated heterocycles. The molecule has 2 aliphatic rings. The quantitative estimate of drug-likeness (QED) is 0.123. The van der Waals surface area contributed by atoms with Crippen LogP contribution in [0, 0.1) is 0 Å². The summed E-state index contributed by atoms with van der Waals surface area (Å²) in [5.41, 5.74) is 17.9. The number of benzene rings is 12. The van der Waals surface area contributed by atoms with Gasteiger partial charge in [-0.25, -0.2) is 0 Å². The Bertz CT molecular complexity index is 3790. The summed E-state index contributed by atoms with van der Waals surface area (Å²) in [5, 5.41) is 12.9. The Morgan fingerprint density at radius 1 is 0.222 bits per heavy atom. The van der Waals surface area contributed by atoms with Gasteiger partial charge in [0.2, 0.25) is 0 Å². The minimum Gasteiger partial charge on any atom is -0.0622 e. The van der Waals surface area contributed by atoms with Crippen molar-refractivity contribution in [1.82, 2.24) is 0 Å². The molecule has 1 spiro atoms. The second-order valence-electron chi connectivity index (χ2n) is 17.4. The van der Waals surface area contributed by atoms with Gasteiger partial charge in [-0.3, -0.25) is 0 Å². The average Bonchev–Trinajstić information content (AvgIpc) is 3.84. The Hall–Kier alpha value is -8.06. The van der Waals surface area contributed by atoms with Crippen molar-refractivity contribution in [3.8, 4) is 55.6 Å². The molecule has 0 heteroatoms. The molecule has 0 heterocycles. The standard InChI is InChI=1S/C63H38/c1-2-17-41(18-3-1)58-49-24-8-10-26-51(49)59(52-27-11-9-25-50(52)58)42-32-30-39(31-33-42)43-35-36-53-55(38-43)45-20-6-7-23-48(45)60-54-37-34-40-16-4-5-19-44(40)61(54)63(62(53)60)56-28-14-12-21-46(56)47-22-13-15-29-57(47)63/h1-38H. The summed E-state index contributed by atoms with van der Waals surface area (Å²) >= 11 is 0. The van der Waals surface area contributed by atoms with Crippen molar-refractivity contribution in [2.45, 2.75) is 5.41 Å². The minimum absolute atomic E-state index is 0.480. The first kappa shape index (κ1) is 34.6. The normalized spacial score (nSPS) is 13.2. The van der Waals surface area contributed by atoms with Crippen molar-refractivity contribution in [2.24, 2.45) is 0 Å². The summed E-state index contributed by atoms with van der Waals surface area (Å²) in [6, 6.07) is 86.5. The lowest BCUT2D eigenvalue weighted by molar-refractivity contribution is 0.809. The minimum atomic E-state index is -0.480. The van der Waals surface area contributed by atoms with E-state index in [1.54, 1.807) is 0 Å². The van der Waals surface area contributed by atoms with E-state index >= 15 is 0 Å². The highest BCUT2D eigenvalue weighted by molar-refractivity contribution is 6.23. The summed E-state index contributed by atoms with van der Waals surface area (Å²) in [5.74, 6) is 0. The van der Waals surface area contributed by atoms with Crippen LogP contribution in [-0.2, 0) is 5.41 Å². The molecular weight excluding hydrogens is 757 g/mol. The molecule has 0 unspecified atom stereocenters.